The van der Waals surface area contributed by atoms with Crippen LogP contribution in [0.4, 0.5) is 0 Å². The summed E-state index contributed by atoms with van der Waals surface area (Å²) in [5.74, 6) is -0.0985. The summed E-state index contributed by atoms with van der Waals surface area (Å²) in [6.07, 6.45) is 1.57. The maximum Gasteiger partial charge on any atom is 0.254 e. The van der Waals surface area contributed by atoms with Gasteiger partial charge in [-0.15, -0.1) is 0 Å². The fraction of sp³-hybridized carbons (Fsp3) is 0.316. The monoisotopic (exact) mass is 343 g/mol. The second-order valence-corrected chi connectivity index (χ2v) is 8.29. The minimum absolute atomic E-state index is 0.0193. The summed E-state index contributed by atoms with van der Waals surface area (Å²) in [5, 5.41) is 0. The van der Waals surface area contributed by atoms with Crippen LogP contribution < -0.4 is 0 Å². The summed E-state index contributed by atoms with van der Waals surface area (Å²) in [5.41, 5.74) is 1.65. The van der Waals surface area contributed by atoms with E-state index in [9.17, 15) is 13.2 Å². The van der Waals surface area contributed by atoms with E-state index < -0.39 is 9.84 Å². The largest absolute Gasteiger partial charge is 0.335 e. The van der Waals surface area contributed by atoms with Gasteiger partial charge in [-0.2, -0.15) is 0 Å². The molecule has 0 aliphatic carbocycles. The summed E-state index contributed by atoms with van der Waals surface area (Å²) in [4.78, 5) is 14.8. The Morgan fingerprint density at radius 1 is 1.12 bits per heavy atom. The number of rotatable bonds is 4. The first kappa shape index (κ1) is 16.7. The summed E-state index contributed by atoms with van der Waals surface area (Å²) < 4.78 is 25.2. The van der Waals surface area contributed by atoms with Crippen LogP contribution in [-0.4, -0.2) is 37.6 Å². The first-order valence-corrected chi connectivity index (χ1v) is 9.78. The van der Waals surface area contributed by atoms with Crippen molar-refractivity contribution in [2.75, 3.05) is 12.3 Å². The molecule has 1 aliphatic heterocycles. The summed E-state index contributed by atoms with van der Waals surface area (Å²) >= 11 is 0. The van der Waals surface area contributed by atoms with Crippen LogP contribution in [-0.2, 0) is 9.84 Å². The topological polar surface area (TPSA) is 54.5 Å². The van der Waals surface area contributed by atoms with E-state index in [1.165, 1.54) is 0 Å². The molecule has 1 atom stereocenters. The predicted molar refractivity (Wildman–Crippen MR) is 93.7 cm³/mol. The summed E-state index contributed by atoms with van der Waals surface area (Å²) in [7, 11) is -3.39. The average molecular weight is 343 g/mol. The van der Waals surface area contributed by atoms with E-state index in [0.29, 0.717) is 17.0 Å². The van der Waals surface area contributed by atoms with Crippen molar-refractivity contribution in [3.63, 3.8) is 0 Å². The van der Waals surface area contributed by atoms with Crippen molar-refractivity contribution < 1.29 is 13.2 Å². The van der Waals surface area contributed by atoms with E-state index in [1.807, 2.05) is 25.1 Å². The van der Waals surface area contributed by atoms with E-state index >= 15 is 0 Å². The number of carbonyl (C=O) groups excluding carboxylic acids is 1. The van der Waals surface area contributed by atoms with Crippen molar-refractivity contribution in [2.24, 2.45) is 0 Å². The molecule has 1 unspecified atom stereocenters. The van der Waals surface area contributed by atoms with Crippen molar-refractivity contribution >= 4 is 15.7 Å². The highest BCUT2D eigenvalue weighted by molar-refractivity contribution is 7.91. The van der Waals surface area contributed by atoms with Gasteiger partial charge < -0.3 is 4.90 Å². The minimum atomic E-state index is -3.39. The lowest BCUT2D eigenvalue weighted by atomic mass is 10.1. The number of amides is 1. The van der Waals surface area contributed by atoms with Crippen LogP contribution in [0.3, 0.4) is 0 Å². The highest BCUT2D eigenvalue weighted by Crippen LogP contribution is 2.24. The summed E-state index contributed by atoms with van der Waals surface area (Å²) in [6.45, 7) is 2.56. The van der Waals surface area contributed by atoms with Crippen LogP contribution in [0.15, 0.2) is 59.5 Å². The molecule has 2 aromatic rings. The molecule has 0 aromatic heterocycles. The lowest BCUT2D eigenvalue weighted by molar-refractivity contribution is 0.0749. The Morgan fingerprint density at radius 3 is 2.58 bits per heavy atom. The standard InChI is InChI=1S/C19H21NO3S/c1-15-7-5-8-16(13-15)19(21)20-12-6-9-17(20)14-24(22,23)18-10-3-2-4-11-18/h2-5,7-8,10-11,13,17H,6,9,12,14H2,1H3. The van der Waals surface area contributed by atoms with Gasteiger partial charge in [0.1, 0.15) is 0 Å². The van der Waals surface area contributed by atoms with Gasteiger partial charge in [0.25, 0.3) is 5.91 Å². The van der Waals surface area contributed by atoms with Crippen LogP contribution in [0.1, 0.15) is 28.8 Å². The molecule has 1 fully saturated rings. The van der Waals surface area contributed by atoms with Crippen LogP contribution in [0, 0.1) is 6.92 Å². The van der Waals surface area contributed by atoms with Gasteiger partial charge in [0.15, 0.2) is 9.84 Å². The number of benzene rings is 2. The molecule has 0 spiro atoms. The zero-order chi connectivity index (χ0) is 17.2. The lowest BCUT2D eigenvalue weighted by Gasteiger charge is -2.25. The molecule has 0 bridgehead atoms. The number of sulfone groups is 1. The normalized spacial score (nSPS) is 17.9. The maximum absolute atomic E-state index is 12.8. The zero-order valence-electron chi connectivity index (χ0n) is 13.7. The molecular formula is C19H21NO3S. The first-order valence-electron chi connectivity index (χ1n) is 8.13. The molecular weight excluding hydrogens is 322 g/mol. The van der Waals surface area contributed by atoms with Crippen LogP contribution in [0.25, 0.3) is 0 Å². The Kier molecular flexibility index (Phi) is 4.71. The predicted octanol–water partition coefficient (Wildman–Crippen LogP) is 3.07. The van der Waals surface area contributed by atoms with Gasteiger partial charge >= 0.3 is 0 Å². The molecule has 4 nitrogen and oxygen atoms in total. The third-order valence-corrected chi connectivity index (χ3v) is 6.23. The number of aryl methyl sites for hydroxylation is 1. The smallest absolute Gasteiger partial charge is 0.254 e. The first-order chi connectivity index (χ1) is 11.5. The number of carbonyl (C=O) groups is 1. The van der Waals surface area contributed by atoms with Crippen molar-refractivity contribution in [3.8, 4) is 0 Å². The quantitative estimate of drug-likeness (QED) is 0.857. The Bertz CT molecular complexity index is 831. The molecule has 24 heavy (non-hydrogen) atoms. The molecule has 2 aromatic carbocycles. The molecule has 3 rings (SSSR count). The molecule has 126 valence electrons. The number of nitrogens with zero attached hydrogens (tertiary/aromatic N) is 1. The molecule has 0 saturated carbocycles. The van der Waals surface area contributed by atoms with Crippen LogP contribution >= 0.6 is 0 Å². The maximum atomic E-state index is 12.8. The second-order valence-electron chi connectivity index (χ2n) is 6.26. The Balaban J connectivity index is 1.80. The van der Waals surface area contributed by atoms with E-state index in [4.69, 9.17) is 0 Å². The lowest BCUT2D eigenvalue weighted by Crippen LogP contribution is -2.39. The zero-order valence-corrected chi connectivity index (χ0v) is 14.5. The molecule has 1 heterocycles. The highest BCUT2D eigenvalue weighted by Gasteiger charge is 2.33. The Labute approximate surface area is 143 Å². The van der Waals surface area contributed by atoms with Crippen LogP contribution in [0.2, 0.25) is 0 Å². The fourth-order valence-corrected chi connectivity index (χ4v) is 4.82. The third kappa shape index (κ3) is 3.51. The van der Waals surface area contributed by atoms with Crippen LogP contribution in [0.5, 0.6) is 0 Å². The van der Waals surface area contributed by atoms with Crippen molar-refractivity contribution in [3.05, 3.63) is 65.7 Å². The van der Waals surface area contributed by atoms with Gasteiger partial charge in [0, 0.05) is 18.2 Å². The molecule has 0 N–H and O–H groups in total. The van der Waals surface area contributed by atoms with Crippen molar-refractivity contribution in [1.29, 1.82) is 0 Å². The van der Waals surface area contributed by atoms with E-state index in [-0.39, 0.29) is 17.7 Å². The SMILES string of the molecule is Cc1cccc(C(=O)N2CCCC2CS(=O)(=O)c2ccccc2)c1. The molecule has 1 amide bonds. The fourth-order valence-electron chi connectivity index (χ4n) is 3.20. The number of hydrogen-bond acceptors (Lipinski definition) is 3. The van der Waals surface area contributed by atoms with E-state index in [2.05, 4.69) is 0 Å². The van der Waals surface area contributed by atoms with Crippen molar-refractivity contribution in [1.82, 2.24) is 4.90 Å². The molecule has 1 aliphatic rings. The van der Waals surface area contributed by atoms with E-state index in [1.54, 1.807) is 41.3 Å². The molecule has 1 saturated heterocycles. The third-order valence-electron chi connectivity index (χ3n) is 4.42. The van der Waals surface area contributed by atoms with Gasteiger partial charge in [-0.3, -0.25) is 4.79 Å². The van der Waals surface area contributed by atoms with Crippen molar-refractivity contribution in [2.45, 2.75) is 30.7 Å². The Morgan fingerprint density at radius 2 is 1.88 bits per heavy atom. The van der Waals surface area contributed by atoms with Gasteiger partial charge in [-0.25, -0.2) is 8.42 Å². The highest BCUT2D eigenvalue weighted by atomic mass is 32.2. The number of hydrogen-bond donors (Lipinski definition) is 0. The average Bonchev–Trinajstić information content (AvgIpc) is 3.02. The minimum Gasteiger partial charge on any atom is -0.335 e. The van der Waals surface area contributed by atoms with E-state index in [0.717, 1.165) is 18.4 Å². The second kappa shape index (κ2) is 6.77. The summed E-state index contributed by atoms with van der Waals surface area (Å²) in [6, 6.07) is 15.6. The molecule has 5 heteroatoms. The van der Waals surface area contributed by atoms with Gasteiger partial charge in [-0.1, -0.05) is 35.9 Å². The van der Waals surface area contributed by atoms with Gasteiger partial charge in [0.05, 0.1) is 10.6 Å². The number of likely N-dealkylation sites (tertiary alicyclic amines) is 1. The van der Waals surface area contributed by atoms with Gasteiger partial charge in [-0.05, 0) is 44.0 Å². The molecule has 0 radical (unpaired) electrons. The Hall–Kier alpha value is -2.14. The van der Waals surface area contributed by atoms with Gasteiger partial charge in [0.2, 0.25) is 0 Å².